The van der Waals surface area contributed by atoms with Crippen molar-refractivity contribution in [2.45, 2.75) is 39.2 Å². The average Bonchev–Trinajstić information content (AvgIpc) is 3.17. The third-order valence-electron chi connectivity index (χ3n) is 4.61. The van der Waals surface area contributed by atoms with Gasteiger partial charge in [-0.2, -0.15) is 0 Å². The van der Waals surface area contributed by atoms with Crippen LogP contribution < -0.4 is 15.5 Å². The lowest BCUT2D eigenvalue weighted by atomic mass is 10.2. The van der Waals surface area contributed by atoms with Crippen molar-refractivity contribution < 1.29 is 4.79 Å². The second-order valence-corrected chi connectivity index (χ2v) is 6.58. The predicted molar refractivity (Wildman–Crippen MR) is 103 cm³/mol. The molecule has 5 heteroatoms. The van der Waals surface area contributed by atoms with E-state index < -0.39 is 0 Å². The van der Waals surface area contributed by atoms with Crippen LogP contribution in [-0.4, -0.2) is 30.0 Å². The fourth-order valence-electron chi connectivity index (χ4n) is 2.93. The average molecular weight is 338 g/mol. The van der Waals surface area contributed by atoms with Crippen LogP contribution in [0.4, 0.5) is 17.1 Å². The van der Waals surface area contributed by atoms with E-state index in [-0.39, 0.29) is 11.9 Å². The van der Waals surface area contributed by atoms with Crippen LogP contribution in [0.5, 0.6) is 0 Å². The van der Waals surface area contributed by atoms with Crippen molar-refractivity contribution in [1.82, 2.24) is 10.3 Å². The number of amides is 1. The van der Waals surface area contributed by atoms with Gasteiger partial charge in [0.05, 0.1) is 0 Å². The first-order valence-electron chi connectivity index (χ1n) is 9.04. The van der Waals surface area contributed by atoms with Gasteiger partial charge in [-0.25, -0.2) is 0 Å². The molecule has 1 fully saturated rings. The number of aromatic nitrogens is 1. The number of rotatable bonds is 6. The van der Waals surface area contributed by atoms with Gasteiger partial charge in [0.2, 0.25) is 0 Å². The maximum atomic E-state index is 12.2. The zero-order chi connectivity index (χ0) is 17.6. The Kier molecular flexibility index (Phi) is 5.53. The number of pyridine rings is 1. The molecule has 0 radical (unpaired) electrons. The van der Waals surface area contributed by atoms with Crippen LogP contribution in [0.2, 0.25) is 0 Å². The van der Waals surface area contributed by atoms with Crippen LogP contribution in [0.15, 0.2) is 42.6 Å². The van der Waals surface area contributed by atoms with Gasteiger partial charge < -0.3 is 15.5 Å². The summed E-state index contributed by atoms with van der Waals surface area (Å²) in [5.41, 5.74) is 3.56. The van der Waals surface area contributed by atoms with Gasteiger partial charge in [-0.15, -0.1) is 0 Å². The normalized spacial score (nSPS) is 15.0. The molecule has 1 aromatic carbocycles. The van der Waals surface area contributed by atoms with E-state index in [1.54, 1.807) is 12.3 Å². The molecule has 1 unspecified atom stereocenters. The Labute approximate surface area is 149 Å². The molecule has 0 saturated carbocycles. The minimum atomic E-state index is -0.137. The topological polar surface area (TPSA) is 57.3 Å². The molecule has 2 aromatic rings. The van der Waals surface area contributed by atoms with Crippen molar-refractivity contribution in [3.63, 3.8) is 0 Å². The summed E-state index contributed by atoms with van der Waals surface area (Å²) in [4.78, 5) is 18.8. The molecule has 1 saturated heterocycles. The van der Waals surface area contributed by atoms with Gasteiger partial charge >= 0.3 is 0 Å². The SMILES string of the molecule is CCC(C)NC(=O)c1cc(Nc2ccc(N3CCCC3)cc2)ccn1. The van der Waals surface area contributed by atoms with Crippen molar-refractivity contribution in [1.29, 1.82) is 0 Å². The minimum absolute atomic E-state index is 0.137. The van der Waals surface area contributed by atoms with Crippen molar-refractivity contribution in [3.05, 3.63) is 48.3 Å². The maximum Gasteiger partial charge on any atom is 0.270 e. The number of benzene rings is 1. The van der Waals surface area contributed by atoms with Crippen LogP contribution >= 0.6 is 0 Å². The lowest BCUT2D eigenvalue weighted by molar-refractivity contribution is 0.0934. The van der Waals surface area contributed by atoms with Crippen LogP contribution in [0.1, 0.15) is 43.6 Å². The molecule has 132 valence electrons. The van der Waals surface area contributed by atoms with Gasteiger partial charge in [0, 0.05) is 42.4 Å². The summed E-state index contributed by atoms with van der Waals surface area (Å²) in [7, 11) is 0. The molecule has 1 aliphatic rings. The van der Waals surface area contributed by atoms with Gasteiger partial charge in [0.1, 0.15) is 5.69 Å². The molecule has 1 amide bonds. The molecule has 1 aromatic heterocycles. The second kappa shape index (κ2) is 8.01. The highest BCUT2D eigenvalue weighted by Gasteiger charge is 2.12. The predicted octanol–water partition coefficient (Wildman–Crippen LogP) is 3.95. The van der Waals surface area contributed by atoms with Gasteiger partial charge in [0.15, 0.2) is 0 Å². The highest BCUT2D eigenvalue weighted by molar-refractivity contribution is 5.93. The Morgan fingerprint density at radius 3 is 2.56 bits per heavy atom. The molecule has 1 aliphatic heterocycles. The van der Waals surface area contributed by atoms with Gasteiger partial charge in [0.25, 0.3) is 5.91 Å². The van der Waals surface area contributed by atoms with E-state index in [0.717, 1.165) is 30.9 Å². The summed E-state index contributed by atoms with van der Waals surface area (Å²) in [6.07, 6.45) is 5.11. The zero-order valence-electron chi connectivity index (χ0n) is 15.0. The second-order valence-electron chi connectivity index (χ2n) is 6.58. The molecule has 2 heterocycles. The molecule has 3 rings (SSSR count). The number of carbonyl (C=O) groups excluding carboxylic acids is 1. The van der Waals surface area contributed by atoms with E-state index in [1.807, 2.05) is 19.9 Å². The van der Waals surface area contributed by atoms with Crippen molar-refractivity contribution in [2.75, 3.05) is 23.3 Å². The monoisotopic (exact) mass is 338 g/mol. The fraction of sp³-hybridized carbons (Fsp3) is 0.400. The molecule has 2 N–H and O–H groups in total. The van der Waals surface area contributed by atoms with Crippen LogP contribution in [0.3, 0.4) is 0 Å². The van der Waals surface area contributed by atoms with Crippen LogP contribution in [0, 0.1) is 0 Å². The molecule has 5 nitrogen and oxygen atoms in total. The lowest BCUT2D eigenvalue weighted by Gasteiger charge is -2.18. The van der Waals surface area contributed by atoms with E-state index in [0.29, 0.717) is 5.69 Å². The Morgan fingerprint density at radius 1 is 1.16 bits per heavy atom. The van der Waals surface area contributed by atoms with E-state index in [1.165, 1.54) is 18.5 Å². The summed E-state index contributed by atoms with van der Waals surface area (Å²) in [6.45, 7) is 6.32. The quantitative estimate of drug-likeness (QED) is 0.837. The van der Waals surface area contributed by atoms with E-state index >= 15 is 0 Å². The third kappa shape index (κ3) is 4.50. The first-order valence-corrected chi connectivity index (χ1v) is 9.04. The molecule has 0 spiro atoms. The lowest BCUT2D eigenvalue weighted by Crippen LogP contribution is -2.32. The van der Waals surface area contributed by atoms with Crippen LogP contribution in [-0.2, 0) is 0 Å². The van der Waals surface area contributed by atoms with Crippen LogP contribution in [0.25, 0.3) is 0 Å². The molecule has 25 heavy (non-hydrogen) atoms. The highest BCUT2D eigenvalue weighted by atomic mass is 16.1. The number of hydrogen-bond acceptors (Lipinski definition) is 4. The smallest absolute Gasteiger partial charge is 0.270 e. The molecule has 1 atom stereocenters. The molecular formula is C20H26N4O. The summed E-state index contributed by atoms with van der Waals surface area (Å²) in [5.74, 6) is -0.137. The number of hydrogen-bond donors (Lipinski definition) is 2. The standard InChI is InChI=1S/C20H26N4O/c1-3-15(2)22-20(25)19-14-17(10-11-21-19)23-16-6-8-18(9-7-16)24-12-4-5-13-24/h6-11,14-15H,3-5,12-13H2,1-2H3,(H,21,23)(H,22,25). The van der Waals surface area contributed by atoms with Crippen molar-refractivity contribution in [2.24, 2.45) is 0 Å². The van der Waals surface area contributed by atoms with E-state index in [9.17, 15) is 4.79 Å². The zero-order valence-corrected chi connectivity index (χ0v) is 15.0. The molecular weight excluding hydrogens is 312 g/mol. The van der Waals surface area contributed by atoms with Gasteiger partial charge in [-0.05, 0) is 62.6 Å². The Morgan fingerprint density at radius 2 is 1.88 bits per heavy atom. The minimum Gasteiger partial charge on any atom is -0.372 e. The third-order valence-corrected chi connectivity index (χ3v) is 4.61. The number of nitrogens with one attached hydrogen (secondary N) is 2. The largest absolute Gasteiger partial charge is 0.372 e. The Balaban J connectivity index is 1.66. The first-order chi connectivity index (χ1) is 12.2. The first kappa shape index (κ1) is 17.3. The number of anilines is 3. The van der Waals surface area contributed by atoms with Crippen molar-refractivity contribution in [3.8, 4) is 0 Å². The van der Waals surface area contributed by atoms with E-state index in [2.05, 4.69) is 44.8 Å². The van der Waals surface area contributed by atoms with Gasteiger partial charge in [-0.1, -0.05) is 6.92 Å². The summed E-state index contributed by atoms with van der Waals surface area (Å²) in [6, 6.07) is 12.2. The number of nitrogens with zero attached hydrogens (tertiary/aromatic N) is 2. The fourth-order valence-corrected chi connectivity index (χ4v) is 2.93. The van der Waals surface area contributed by atoms with Gasteiger partial charge in [-0.3, -0.25) is 9.78 Å². The summed E-state index contributed by atoms with van der Waals surface area (Å²) in [5, 5.41) is 6.29. The molecule has 0 aliphatic carbocycles. The Bertz CT molecular complexity index is 708. The number of carbonyl (C=O) groups is 1. The molecule has 0 bridgehead atoms. The maximum absolute atomic E-state index is 12.2. The summed E-state index contributed by atoms with van der Waals surface area (Å²) >= 11 is 0. The Hall–Kier alpha value is -2.56. The highest BCUT2D eigenvalue weighted by Crippen LogP contribution is 2.24. The summed E-state index contributed by atoms with van der Waals surface area (Å²) < 4.78 is 0. The van der Waals surface area contributed by atoms with Crippen molar-refractivity contribution >= 4 is 23.0 Å². The van der Waals surface area contributed by atoms with E-state index in [4.69, 9.17) is 0 Å².